The third kappa shape index (κ3) is 26.1. The van der Waals surface area contributed by atoms with Crippen molar-refractivity contribution in [1.29, 1.82) is 0 Å². The fourth-order valence-electron chi connectivity index (χ4n) is 4.71. The van der Waals surface area contributed by atoms with Gasteiger partial charge in [-0.2, -0.15) is 0 Å². The van der Waals surface area contributed by atoms with E-state index in [-0.39, 0.29) is 0 Å². The molecule has 0 aromatic carbocycles. The molecule has 0 saturated carbocycles. The van der Waals surface area contributed by atoms with Gasteiger partial charge in [-0.3, -0.25) is 0 Å². The van der Waals surface area contributed by atoms with Crippen molar-refractivity contribution in [3.8, 4) is 0 Å². The summed E-state index contributed by atoms with van der Waals surface area (Å²) in [7, 11) is 0. The SMILES string of the molecule is CCCCCCCCCCCCCCC(CCCCCCCCCCCCCC)ON. The highest BCUT2D eigenvalue weighted by Gasteiger charge is 2.07. The van der Waals surface area contributed by atoms with Gasteiger partial charge < -0.3 is 4.84 Å². The summed E-state index contributed by atoms with van der Waals surface area (Å²) in [6, 6.07) is 0. The molecular formula is C29H61NO. The quantitative estimate of drug-likeness (QED) is 0.102. The van der Waals surface area contributed by atoms with Crippen LogP contribution in [0.3, 0.4) is 0 Å². The van der Waals surface area contributed by atoms with Gasteiger partial charge in [0.05, 0.1) is 6.10 Å². The Morgan fingerprint density at radius 2 is 0.613 bits per heavy atom. The molecule has 2 nitrogen and oxygen atoms in total. The van der Waals surface area contributed by atoms with E-state index in [1.165, 1.54) is 154 Å². The van der Waals surface area contributed by atoms with Gasteiger partial charge in [0.1, 0.15) is 0 Å². The first-order chi connectivity index (χ1) is 15.3. The van der Waals surface area contributed by atoms with Crippen LogP contribution >= 0.6 is 0 Å². The van der Waals surface area contributed by atoms with Crippen LogP contribution in [0, 0.1) is 0 Å². The molecule has 2 N–H and O–H groups in total. The molecule has 0 fully saturated rings. The second kappa shape index (κ2) is 28.0. The van der Waals surface area contributed by atoms with E-state index in [1.807, 2.05) is 0 Å². The Labute approximate surface area is 197 Å². The van der Waals surface area contributed by atoms with Gasteiger partial charge in [-0.1, -0.05) is 168 Å². The number of hydrogen-bond donors (Lipinski definition) is 1. The molecule has 0 bridgehead atoms. The molecule has 0 spiro atoms. The van der Waals surface area contributed by atoms with Crippen molar-refractivity contribution in [3.05, 3.63) is 0 Å². The lowest BCUT2D eigenvalue weighted by Crippen LogP contribution is -2.17. The van der Waals surface area contributed by atoms with Crippen molar-refractivity contribution < 1.29 is 4.84 Å². The Hall–Kier alpha value is -0.0800. The second-order valence-electron chi connectivity index (χ2n) is 10.1. The maximum absolute atomic E-state index is 5.55. The molecular weight excluding hydrogens is 378 g/mol. The van der Waals surface area contributed by atoms with Gasteiger partial charge in [0.2, 0.25) is 0 Å². The van der Waals surface area contributed by atoms with Crippen LogP contribution in [-0.4, -0.2) is 6.10 Å². The normalized spacial score (nSPS) is 11.6. The minimum atomic E-state index is 0.297. The second-order valence-corrected chi connectivity index (χ2v) is 10.1. The average molecular weight is 440 g/mol. The van der Waals surface area contributed by atoms with Crippen LogP contribution in [0.4, 0.5) is 0 Å². The van der Waals surface area contributed by atoms with Crippen LogP contribution in [-0.2, 0) is 4.84 Å². The molecule has 0 radical (unpaired) electrons. The summed E-state index contributed by atoms with van der Waals surface area (Å²) in [5.74, 6) is 5.55. The topological polar surface area (TPSA) is 35.2 Å². The summed E-state index contributed by atoms with van der Waals surface area (Å²) in [4.78, 5) is 5.25. The molecule has 31 heavy (non-hydrogen) atoms. The molecule has 0 aliphatic carbocycles. The minimum absolute atomic E-state index is 0.297. The smallest absolute Gasteiger partial charge is 0.0787 e. The van der Waals surface area contributed by atoms with Crippen molar-refractivity contribution in [2.45, 2.75) is 187 Å². The van der Waals surface area contributed by atoms with Crippen LogP contribution in [0.15, 0.2) is 0 Å². The molecule has 0 heterocycles. The van der Waals surface area contributed by atoms with E-state index in [0.717, 1.165) is 12.8 Å². The number of rotatable bonds is 27. The molecule has 0 aromatic heterocycles. The average Bonchev–Trinajstić information content (AvgIpc) is 2.79. The first-order valence-electron chi connectivity index (χ1n) is 14.7. The van der Waals surface area contributed by atoms with Gasteiger partial charge in [0.15, 0.2) is 0 Å². The molecule has 0 atom stereocenters. The summed E-state index contributed by atoms with van der Waals surface area (Å²) in [6.45, 7) is 4.59. The summed E-state index contributed by atoms with van der Waals surface area (Å²) < 4.78 is 0. The van der Waals surface area contributed by atoms with Crippen LogP contribution < -0.4 is 5.90 Å². The predicted molar refractivity (Wildman–Crippen MR) is 140 cm³/mol. The van der Waals surface area contributed by atoms with Crippen LogP contribution in [0.5, 0.6) is 0 Å². The maximum atomic E-state index is 5.55. The standard InChI is InChI=1S/C29H61NO/c1-3-5-7-9-11-13-15-17-19-21-23-25-27-29(31-30)28-26-24-22-20-18-16-14-12-10-8-6-4-2/h29H,3-28,30H2,1-2H3. The lowest BCUT2D eigenvalue weighted by molar-refractivity contribution is 0.0378. The first kappa shape index (κ1) is 30.9. The summed E-state index contributed by atoms with van der Waals surface area (Å²) in [5, 5.41) is 0. The lowest BCUT2D eigenvalue weighted by atomic mass is 10.0. The summed E-state index contributed by atoms with van der Waals surface area (Å²) >= 11 is 0. The van der Waals surface area contributed by atoms with Crippen LogP contribution in [0.2, 0.25) is 0 Å². The van der Waals surface area contributed by atoms with Gasteiger partial charge in [-0.15, -0.1) is 0 Å². The molecule has 0 saturated heterocycles. The van der Waals surface area contributed by atoms with E-state index in [1.54, 1.807) is 0 Å². The van der Waals surface area contributed by atoms with E-state index in [9.17, 15) is 0 Å². The van der Waals surface area contributed by atoms with Crippen molar-refractivity contribution in [2.24, 2.45) is 5.90 Å². The fraction of sp³-hybridized carbons (Fsp3) is 1.00. The molecule has 0 amide bonds. The molecule has 0 aliphatic rings. The highest BCUT2D eigenvalue weighted by atomic mass is 16.6. The number of unbranched alkanes of at least 4 members (excludes halogenated alkanes) is 22. The van der Waals surface area contributed by atoms with Crippen molar-refractivity contribution in [3.63, 3.8) is 0 Å². The van der Waals surface area contributed by atoms with E-state index in [0.29, 0.717) is 6.10 Å². The lowest BCUT2D eigenvalue weighted by Gasteiger charge is -2.14. The zero-order valence-corrected chi connectivity index (χ0v) is 21.9. The van der Waals surface area contributed by atoms with E-state index < -0.39 is 0 Å². The summed E-state index contributed by atoms with van der Waals surface area (Å²) in [5.41, 5.74) is 0. The van der Waals surface area contributed by atoms with Gasteiger partial charge in [0, 0.05) is 0 Å². The maximum Gasteiger partial charge on any atom is 0.0787 e. The first-order valence-corrected chi connectivity index (χ1v) is 14.7. The molecule has 188 valence electrons. The highest BCUT2D eigenvalue weighted by molar-refractivity contribution is 4.59. The molecule has 0 unspecified atom stereocenters. The van der Waals surface area contributed by atoms with E-state index >= 15 is 0 Å². The Bertz CT molecular complexity index is 279. The Kier molecular flexibility index (Phi) is 27.9. The predicted octanol–water partition coefficient (Wildman–Crippen LogP) is 10.4. The summed E-state index contributed by atoms with van der Waals surface area (Å²) in [6.07, 6.45) is 36.4. The van der Waals surface area contributed by atoms with Crippen molar-refractivity contribution in [2.75, 3.05) is 0 Å². The third-order valence-corrected chi connectivity index (χ3v) is 6.95. The van der Waals surface area contributed by atoms with Crippen LogP contribution in [0.1, 0.15) is 181 Å². The Morgan fingerprint density at radius 1 is 0.387 bits per heavy atom. The molecule has 2 heteroatoms. The van der Waals surface area contributed by atoms with Crippen molar-refractivity contribution >= 4 is 0 Å². The zero-order chi connectivity index (χ0) is 22.7. The highest BCUT2D eigenvalue weighted by Crippen LogP contribution is 2.17. The van der Waals surface area contributed by atoms with Crippen molar-refractivity contribution in [1.82, 2.24) is 0 Å². The Morgan fingerprint density at radius 3 is 0.839 bits per heavy atom. The van der Waals surface area contributed by atoms with E-state index in [2.05, 4.69) is 13.8 Å². The van der Waals surface area contributed by atoms with Crippen LogP contribution in [0.25, 0.3) is 0 Å². The van der Waals surface area contributed by atoms with Gasteiger partial charge in [-0.05, 0) is 12.8 Å². The third-order valence-electron chi connectivity index (χ3n) is 6.95. The molecule has 0 aliphatic heterocycles. The molecule has 0 rings (SSSR count). The number of hydrogen-bond acceptors (Lipinski definition) is 2. The fourth-order valence-corrected chi connectivity index (χ4v) is 4.71. The Balaban J connectivity index is 3.26. The zero-order valence-electron chi connectivity index (χ0n) is 21.9. The van der Waals surface area contributed by atoms with E-state index in [4.69, 9.17) is 10.7 Å². The monoisotopic (exact) mass is 439 g/mol. The van der Waals surface area contributed by atoms with Gasteiger partial charge >= 0.3 is 0 Å². The minimum Gasteiger partial charge on any atom is -0.301 e. The number of nitrogens with two attached hydrogens (primary N) is 1. The molecule has 0 aromatic rings. The van der Waals surface area contributed by atoms with Gasteiger partial charge in [0.25, 0.3) is 0 Å². The van der Waals surface area contributed by atoms with Gasteiger partial charge in [-0.25, -0.2) is 5.90 Å². The largest absolute Gasteiger partial charge is 0.301 e.